The highest BCUT2D eigenvalue weighted by Crippen LogP contribution is 2.12. The number of amides is 2. The van der Waals surface area contributed by atoms with Gasteiger partial charge in [0.15, 0.2) is 0 Å². The summed E-state index contributed by atoms with van der Waals surface area (Å²) >= 11 is 0. The number of nitrogens with zero attached hydrogens (tertiary/aromatic N) is 2. The van der Waals surface area contributed by atoms with Crippen LogP contribution in [0.1, 0.15) is 33.1 Å². The number of rotatable bonds is 4. The monoisotopic (exact) mass is 271 g/mol. The third-order valence-electron chi connectivity index (χ3n) is 3.64. The van der Waals surface area contributed by atoms with Gasteiger partial charge >= 0.3 is 12.0 Å². The first-order chi connectivity index (χ1) is 8.99. The molecule has 110 valence electrons. The molecule has 0 aromatic carbocycles. The second-order valence-corrected chi connectivity index (χ2v) is 5.12. The van der Waals surface area contributed by atoms with Crippen LogP contribution in [0, 0.1) is 0 Å². The van der Waals surface area contributed by atoms with Crippen LogP contribution in [0.2, 0.25) is 0 Å². The number of carboxylic acids is 1. The fraction of sp³-hybridized carbons (Fsp3) is 0.846. The standard InChI is InChI=1S/C13H25N3O3/c1-4-10-9-15(3)7-6-8-16(10)13(19)14-11(5-2)12(17)18/h10-11H,4-9H2,1-3H3,(H,14,19)(H,17,18)/t10?,11-/m1/s1. The van der Waals surface area contributed by atoms with Crippen LogP contribution in [-0.2, 0) is 4.79 Å². The van der Waals surface area contributed by atoms with Crippen LogP contribution in [0.5, 0.6) is 0 Å². The molecule has 0 bridgehead atoms. The molecule has 0 radical (unpaired) electrons. The van der Waals surface area contributed by atoms with Gasteiger partial charge in [-0.15, -0.1) is 0 Å². The number of carbonyl (C=O) groups is 2. The molecule has 6 heteroatoms. The van der Waals surface area contributed by atoms with Crippen molar-refractivity contribution in [2.75, 3.05) is 26.7 Å². The highest BCUT2D eigenvalue weighted by Gasteiger charge is 2.28. The first-order valence-corrected chi connectivity index (χ1v) is 6.98. The van der Waals surface area contributed by atoms with Crippen LogP contribution >= 0.6 is 0 Å². The minimum Gasteiger partial charge on any atom is -0.480 e. The van der Waals surface area contributed by atoms with Crippen molar-refractivity contribution < 1.29 is 14.7 Å². The van der Waals surface area contributed by atoms with Crippen molar-refractivity contribution in [2.45, 2.75) is 45.2 Å². The Morgan fingerprint density at radius 3 is 2.58 bits per heavy atom. The number of hydrogen-bond acceptors (Lipinski definition) is 3. The van der Waals surface area contributed by atoms with Crippen molar-refractivity contribution >= 4 is 12.0 Å². The van der Waals surface area contributed by atoms with E-state index in [-0.39, 0.29) is 12.1 Å². The minimum atomic E-state index is -0.976. The quantitative estimate of drug-likeness (QED) is 0.799. The average molecular weight is 271 g/mol. The van der Waals surface area contributed by atoms with Gasteiger partial charge in [0, 0.05) is 19.1 Å². The highest BCUT2D eigenvalue weighted by atomic mass is 16.4. The Balaban J connectivity index is 2.69. The molecule has 1 rings (SSSR count). The molecule has 2 atom stereocenters. The summed E-state index contributed by atoms with van der Waals surface area (Å²) in [6.45, 7) is 6.31. The van der Waals surface area contributed by atoms with Gasteiger partial charge in [-0.3, -0.25) is 0 Å². The van der Waals surface area contributed by atoms with E-state index >= 15 is 0 Å². The van der Waals surface area contributed by atoms with E-state index in [0.717, 1.165) is 25.9 Å². The number of hydrogen-bond donors (Lipinski definition) is 2. The predicted octanol–water partition coefficient (Wildman–Crippen LogP) is 0.975. The molecule has 2 amide bonds. The van der Waals surface area contributed by atoms with Crippen LogP contribution < -0.4 is 5.32 Å². The summed E-state index contributed by atoms with van der Waals surface area (Å²) in [4.78, 5) is 27.2. The smallest absolute Gasteiger partial charge is 0.326 e. The Morgan fingerprint density at radius 2 is 2.05 bits per heavy atom. The molecule has 6 nitrogen and oxygen atoms in total. The SMILES string of the molecule is CCC1CN(C)CCCN1C(=O)N[C@H](CC)C(=O)O. The molecule has 1 fully saturated rings. The Hall–Kier alpha value is -1.30. The van der Waals surface area contributed by atoms with Crippen molar-refractivity contribution in [3.8, 4) is 0 Å². The molecular weight excluding hydrogens is 246 g/mol. The molecule has 0 aliphatic carbocycles. The molecule has 1 aliphatic heterocycles. The zero-order valence-corrected chi connectivity index (χ0v) is 12.1. The summed E-state index contributed by atoms with van der Waals surface area (Å²) in [5, 5.41) is 11.6. The van der Waals surface area contributed by atoms with E-state index < -0.39 is 12.0 Å². The molecule has 1 saturated heterocycles. The van der Waals surface area contributed by atoms with E-state index in [2.05, 4.69) is 24.2 Å². The topological polar surface area (TPSA) is 72.9 Å². The predicted molar refractivity (Wildman–Crippen MR) is 73.1 cm³/mol. The number of carbonyl (C=O) groups excluding carboxylic acids is 1. The van der Waals surface area contributed by atoms with Crippen molar-refractivity contribution in [1.29, 1.82) is 0 Å². The molecule has 0 aromatic rings. The van der Waals surface area contributed by atoms with Gasteiger partial charge in [0.05, 0.1) is 0 Å². The van der Waals surface area contributed by atoms with Gasteiger partial charge in [-0.25, -0.2) is 9.59 Å². The van der Waals surface area contributed by atoms with Gasteiger partial charge in [-0.1, -0.05) is 13.8 Å². The highest BCUT2D eigenvalue weighted by molar-refractivity contribution is 5.82. The molecule has 0 aromatic heterocycles. The third-order valence-corrected chi connectivity index (χ3v) is 3.64. The maximum absolute atomic E-state index is 12.2. The van der Waals surface area contributed by atoms with Gasteiger partial charge in [-0.05, 0) is 32.9 Å². The van der Waals surface area contributed by atoms with E-state index in [4.69, 9.17) is 5.11 Å². The van der Waals surface area contributed by atoms with Gasteiger partial charge < -0.3 is 20.2 Å². The number of carboxylic acid groups (broad SMARTS) is 1. The van der Waals surface area contributed by atoms with E-state index in [1.165, 1.54) is 0 Å². The summed E-state index contributed by atoms with van der Waals surface area (Å²) < 4.78 is 0. The van der Waals surface area contributed by atoms with Gasteiger partial charge in [0.25, 0.3) is 0 Å². The lowest BCUT2D eigenvalue weighted by atomic mass is 10.2. The van der Waals surface area contributed by atoms with Gasteiger partial charge in [-0.2, -0.15) is 0 Å². The fourth-order valence-corrected chi connectivity index (χ4v) is 2.43. The first kappa shape index (κ1) is 15.8. The summed E-state index contributed by atoms with van der Waals surface area (Å²) in [5.41, 5.74) is 0. The van der Waals surface area contributed by atoms with Crippen molar-refractivity contribution in [3.05, 3.63) is 0 Å². The van der Waals surface area contributed by atoms with E-state index in [1.54, 1.807) is 11.8 Å². The third kappa shape index (κ3) is 4.38. The molecule has 1 aliphatic rings. The van der Waals surface area contributed by atoms with Crippen LogP contribution in [-0.4, -0.2) is 65.7 Å². The number of urea groups is 1. The van der Waals surface area contributed by atoms with E-state index in [9.17, 15) is 9.59 Å². The van der Waals surface area contributed by atoms with Crippen LogP contribution in [0.4, 0.5) is 4.79 Å². The molecule has 1 unspecified atom stereocenters. The molecular formula is C13H25N3O3. The molecule has 19 heavy (non-hydrogen) atoms. The molecule has 0 saturated carbocycles. The van der Waals surface area contributed by atoms with Crippen LogP contribution in [0.25, 0.3) is 0 Å². The van der Waals surface area contributed by atoms with E-state index in [1.807, 2.05) is 0 Å². The average Bonchev–Trinajstić information content (AvgIpc) is 2.56. The first-order valence-electron chi connectivity index (χ1n) is 6.98. The minimum absolute atomic E-state index is 0.152. The lowest BCUT2D eigenvalue weighted by molar-refractivity contribution is -0.139. The Bertz CT molecular complexity index is 322. The zero-order chi connectivity index (χ0) is 14.4. The summed E-state index contributed by atoms with van der Waals surface area (Å²) in [7, 11) is 2.05. The maximum atomic E-state index is 12.2. The summed E-state index contributed by atoms with van der Waals surface area (Å²) in [6.07, 6.45) is 2.19. The maximum Gasteiger partial charge on any atom is 0.326 e. The van der Waals surface area contributed by atoms with Crippen molar-refractivity contribution in [1.82, 2.24) is 15.1 Å². The van der Waals surface area contributed by atoms with Gasteiger partial charge in [0.2, 0.25) is 0 Å². The lowest BCUT2D eigenvalue weighted by Gasteiger charge is -2.31. The largest absolute Gasteiger partial charge is 0.480 e. The summed E-state index contributed by atoms with van der Waals surface area (Å²) in [6, 6.07) is -0.902. The second-order valence-electron chi connectivity index (χ2n) is 5.12. The molecule has 1 heterocycles. The lowest BCUT2D eigenvalue weighted by Crippen LogP contribution is -2.52. The number of aliphatic carboxylic acids is 1. The van der Waals surface area contributed by atoms with Crippen molar-refractivity contribution in [3.63, 3.8) is 0 Å². The van der Waals surface area contributed by atoms with Crippen LogP contribution in [0.15, 0.2) is 0 Å². The normalized spacial score (nSPS) is 22.7. The van der Waals surface area contributed by atoms with Crippen LogP contribution in [0.3, 0.4) is 0 Å². The molecule has 2 N–H and O–H groups in total. The Kier molecular flexibility index (Phi) is 6.08. The number of likely N-dealkylation sites (N-methyl/N-ethyl adjacent to an activating group) is 1. The molecule has 0 spiro atoms. The second kappa shape index (κ2) is 7.33. The zero-order valence-electron chi connectivity index (χ0n) is 12.1. The Labute approximate surface area is 114 Å². The Morgan fingerprint density at radius 1 is 1.37 bits per heavy atom. The summed E-state index contributed by atoms with van der Waals surface area (Å²) in [5.74, 6) is -0.976. The van der Waals surface area contributed by atoms with Gasteiger partial charge in [0.1, 0.15) is 6.04 Å². The number of nitrogens with one attached hydrogen (secondary N) is 1. The fourth-order valence-electron chi connectivity index (χ4n) is 2.43. The van der Waals surface area contributed by atoms with Crippen molar-refractivity contribution in [2.24, 2.45) is 0 Å². The van der Waals surface area contributed by atoms with E-state index in [0.29, 0.717) is 13.0 Å².